The lowest BCUT2D eigenvalue weighted by molar-refractivity contribution is -0.384. The van der Waals surface area contributed by atoms with Crippen molar-refractivity contribution < 1.29 is 9.72 Å². The van der Waals surface area contributed by atoms with Crippen molar-refractivity contribution in [3.8, 4) is 5.69 Å². The predicted octanol–water partition coefficient (Wildman–Crippen LogP) is 0.999. The number of hydrogen-bond donors (Lipinski definition) is 1. The molecule has 1 unspecified atom stereocenters. The number of nitro groups is 1. The number of likely N-dealkylation sites (N-methyl/N-ethyl adjacent to an activating group) is 1. The highest BCUT2D eigenvalue weighted by atomic mass is 16.6. The number of benzene rings is 1. The van der Waals surface area contributed by atoms with E-state index in [9.17, 15) is 14.9 Å². The van der Waals surface area contributed by atoms with Gasteiger partial charge in [0.15, 0.2) is 5.69 Å². The summed E-state index contributed by atoms with van der Waals surface area (Å²) in [6.07, 6.45) is 3.49. The van der Waals surface area contributed by atoms with Gasteiger partial charge in [0, 0.05) is 31.3 Å². The average molecular weight is 330 g/mol. The number of aromatic nitrogens is 3. The second-order valence-electron chi connectivity index (χ2n) is 5.70. The van der Waals surface area contributed by atoms with Gasteiger partial charge in [-0.05, 0) is 26.0 Å². The number of nitrogens with one attached hydrogen (secondary N) is 1. The monoisotopic (exact) mass is 330 g/mol. The molecule has 1 atom stereocenters. The van der Waals surface area contributed by atoms with Crippen molar-refractivity contribution in [1.29, 1.82) is 0 Å². The molecule has 9 nitrogen and oxygen atoms in total. The van der Waals surface area contributed by atoms with Gasteiger partial charge < -0.3 is 10.2 Å². The van der Waals surface area contributed by atoms with Gasteiger partial charge in [0.2, 0.25) is 0 Å². The van der Waals surface area contributed by atoms with E-state index in [0.717, 1.165) is 12.8 Å². The number of nitro benzene ring substituents is 1. The molecule has 1 saturated heterocycles. The predicted molar refractivity (Wildman–Crippen MR) is 86.0 cm³/mol. The van der Waals surface area contributed by atoms with Crippen LogP contribution >= 0.6 is 0 Å². The van der Waals surface area contributed by atoms with E-state index in [-0.39, 0.29) is 23.3 Å². The third-order valence-electron chi connectivity index (χ3n) is 4.13. The van der Waals surface area contributed by atoms with Crippen LogP contribution in [0.3, 0.4) is 0 Å². The molecule has 0 bridgehead atoms. The summed E-state index contributed by atoms with van der Waals surface area (Å²) in [6, 6.07) is 6.32. The van der Waals surface area contributed by atoms with Crippen LogP contribution in [0, 0.1) is 10.1 Å². The molecule has 1 aromatic heterocycles. The number of amides is 1. The molecule has 0 radical (unpaired) electrons. The topological polar surface area (TPSA) is 106 Å². The van der Waals surface area contributed by atoms with E-state index >= 15 is 0 Å². The van der Waals surface area contributed by atoms with Crippen molar-refractivity contribution >= 4 is 11.6 Å². The second-order valence-corrected chi connectivity index (χ2v) is 5.70. The number of piperidine rings is 1. The Labute approximate surface area is 138 Å². The molecule has 1 aliphatic heterocycles. The highest BCUT2D eigenvalue weighted by Gasteiger charge is 2.25. The highest BCUT2D eigenvalue weighted by Crippen LogP contribution is 2.17. The molecule has 24 heavy (non-hydrogen) atoms. The van der Waals surface area contributed by atoms with E-state index < -0.39 is 4.92 Å². The van der Waals surface area contributed by atoms with Crippen LogP contribution in [0.1, 0.15) is 23.3 Å². The molecule has 1 aliphatic rings. The lowest BCUT2D eigenvalue weighted by atomic mass is 10.1. The van der Waals surface area contributed by atoms with E-state index in [0.29, 0.717) is 18.8 Å². The first kappa shape index (κ1) is 16.1. The van der Waals surface area contributed by atoms with Crippen LogP contribution in [-0.2, 0) is 0 Å². The van der Waals surface area contributed by atoms with Crippen LogP contribution in [0.4, 0.5) is 5.69 Å². The van der Waals surface area contributed by atoms with E-state index in [1.54, 1.807) is 17.0 Å². The average Bonchev–Trinajstić information content (AvgIpc) is 3.11. The molecule has 1 N–H and O–H groups in total. The number of non-ortho nitro benzene ring substituents is 1. The SMILES string of the molecule is CNC1CCCN(C(=O)c2cn(-c3cccc([N+](=O)[O-])c3)nn2)C1. The third kappa shape index (κ3) is 3.25. The first-order valence-corrected chi connectivity index (χ1v) is 7.72. The van der Waals surface area contributed by atoms with Gasteiger partial charge >= 0.3 is 0 Å². The zero-order chi connectivity index (χ0) is 17.1. The lowest BCUT2D eigenvalue weighted by Crippen LogP contribution is -2.47. The second kappa shape index (κ2) is 6.75. The largest absolute Gasteiger partial charge is 0.336 e. The molecule has 1 fully saturated rings. The standard InChI is InChI=1S/C15H18N6O3/c1-16-11-4-3-7-19(9-11)15(22)14-10-20(18-17-14)12-5-2-6-13(8-12)21(23)24/h2,5-6,8,10-11,16H,3-4,7,9H2,1H3. The summed E-state index contributed by atoms with van der Waals surface area (Å²) in [7, 11) is 1.89. The maximum Gasteiger partial charge on any atom is 0.276 e. The highest BCUT2D eigenvalue weighted by molar-refractivity contribution is 5.92. The molecule has 3 rings (SSSR count). The molecule has 0 spiro atoms. The number of hydrogen-bond acceptors (Lipinski definition) is 6. The minimum Gasteiger partial charge on any atom is -0.336 e. The quantitative estimate of drug-likeness (QED) is 0.662. The zero-order valence-electron chi connectivity index (χ0n) is 13.3. The van der Waals surface area contributed by atoms with E-state index in [1.807, 2.05) is 7.05 Å². The number of carbonyl (C=O) groups excluding carboxylic acids is 1. The van der Waals surface area contributed by atoms with Crippen LogP contribution in [0.25, 0.3) is 5.69 Å². The molecule has 9 heteroatoms. The number of carbonyl (C=O) groups is 1. The Kier molecular flexibility index (Phi) is 4.52. The Morgan fingerprint density at radius 3 is 3.04 bits per heavy atom. The Hall–Kier alpha value is -2.81. The summed E-state index contributed by atoms with van der Waals surface area (Å²) >= 11 is 0. The van der Waals surface area contributed by atoms with Crippen LogP contribution in [0.5, 0.6) is 0 Å². The van der Waals surface area contributed by atoms with Crippen LogP contribution < -0.4 is 5.32 Å². The first-order chi connectivity index (χ1) is 11.6. The van der Waals surface area contributed by atoms with Crippen molar-refractivity contribution in [1.82, 2.24) is 25.2 Å². The van der Waals surface area contributed by atoms with Crippen molar-refractivity contribution in [3.63, 3.8) is 0 Å². The number of likely N-dealkylation sites (tertiary alicyclic amines) is 1. The van der Waals surface area contributed by atoms with Gasteiger partial charge in [-0.15, -0.1) is 5.10 Å². The van der Waals surface area contributed by atoms with Crippen LogP contribution in [-0.4, -0.2) is 56.9 Å². The summed E-state index contributed by atoms with van der Waals surface area (Å²) < 4.78 is 1.37. The van der Waals surface area contributed by atoms with E-state index in [2.05, 4.69) is 15.6 Å². The summed E-state index contributed by atoms with van der Waals surface area (Å²) in [6.45, 7) is 1.33. The molecule has 126 valence electrons. The molecular formula is C15H18N6O3. The fourth-order valence-electron chi connectivity index (χ4n) is 2.80. The summed E-state index contributed by atoms with van der Waals surface area (Å²) in [4.78, 5) is 24.7. The minimum atomic E-state index is -0.474. The fourth-order valence-corrected chi connectivity index (χ4v) is 2.80. The molecular weight excluding hydrogens is 312 g/mol. The van der Waals surface area contributed by atoms with Gasteiger partial charge in [-0.2, -0.15) is 0 Å². The third-order valence-corrected chi connectivity index (χ3v) is 4.13. The summed E-state index contributed by atoms with van der Waals surface area (Å²) in [5.41, 5.74) is 0.685. The normalized spacial score (nSPS) is 17.7. The van der Waals surface area contributed by atoms with E-state index in [4.69, 9.17) is 0 Å². The Balaban J connectivity index is 1.79. The lowest BCUT2D eigenvalue weighted by Gasteiger charge is -2.31. The van der Waals surface area contributed by atoms with Crippen molar-refractivity contribution in [2.24, 2.45) is 0 Å². The molecule has 1 aromatic carbocycles. The van der Waals surface area contributed by atoms with E-state index in [1.165, 1.54) is 23.0 Å². The van der Waals surface area contributed by atoms with Crippen molar-refractivity contribution in [2.75, 3.05) is 20.1 Å². The van der Waals surface area contributed by atoms with Gasteiger partial charge in [0.05, 0.1) is 16.8 Å². The maximum atomic E-state index is 12.6. The van der Waals surface area contributed by atoms with Gasteiger partial charge in [-0.1, -0.05) is 11.3 Å². The van der Waals surface area contributed by atoms with Gasteiger partial charge in [-0.25, -0.2) is 4.68 Å². The number of rotatable bonds is 4. The van der Waals surface area contributed by atoms with Crippen molar-refractivity contribution in [2.45, 2.75) is 18.9 Å². The first-order valence-electron chi connectivity index (χ1n) is 7.72. The summed E-state index contributed by atoms with van der Waals surface area (Å²) in [5.74, 6) is -0.174. The zero-order valence-corrected chi connectivity index (χ0v) is 13.3. The van der Waals surface area contributed by atoms with Gasteiger partial charge in [0.1, 0.15) is 0 Å². The maximum absolute atomic E-state index is 12.6. The van der Waals surface area contributed by atoms with Crippen LogP contribution in [0.15, 0.2) is 30.5 Å². The molecule has 0 aliphatic carbocycles. The Morgan fingerprint density at radius 1 is 1.46 bits per heavy atom. The van der Waals surface area contributed by atoms with Crippen molar-refractivity contribution in [3.05, 3.63) is 46.3 Å². The molecule has 0 saturated carbocycles. The molecule has 1 amide bonds. The molecule has 2 aromatic rings. The Morgan fingerprint density at radius 2 is 2.29 bits per heavy atom. The smallest absolute Gasteiger partial charge is 0.276 e. The Bertz CT molecular complexity index is 759. The fraction of sp³-hybridized carbons (Fsp3) is 0.400. The summed E-state index contributed by atoms with van der Waals surface area (Å²) in [5, 5.41) is 21.9. The van der Waals surface area contributed by atoms with Crippen LogP contribution in [0.2, 0.25) is 0 Å². The number of nitrogens with zero attached hydrogens (tertiary/aromatic N) is 5. The minimum absolute atomic E-state index is 0.0382. The molecule has 2 heterocycles. The van der Waals surface area contributed by atoms with Gasteiger partial charge in [0.25, 0.3) is 11.6 Å². The van der Waals surface area contributed by atoms with Gasteiger partial charge in [-0.3, -0.25) is 14.9 Å².